The van der Waals surface area contributed by atoms with Crippen LogP contribution in [0.15, 0.2) is 114 Å². The first-order valence-corrected chi connectivity index (χ1v) is 13.1. The SMILES string of the molecule is CC(=O)NC[C@H]1CN(c2ccc(SC(c3ccccc3)(c3ccccc3)c3ccccc3)c(F)c2)CO1. The van der Waals surface area contributed by atoms with E-state index >= 15 is 4.39 Å². The average Bonchev–Trinajstić information content (AvgIpc) is 3.42. The molecule has 1 aliphatic heterocycles. The maximum atomic E-state index is 15.8. The van der Waals surface area contributed by atoms with Gasteiger partial charge in [0, 0.05) is 30.6 Å². The Morgan fingerprint density at radius 2 is 1.46 bits per heavy atom. The zero-order valence-corrected chi connectivity index (χ0v) is 21.5. The number of halogens is 1. The molecule has 1 saturated heterocycles. The fraction of sp³-hybridized carbons (Fsp3) is 0.194. The molecule has 4 aromatic carbocycles. The third kappa shape index (κ3) is 5.41. The quantitative estimate of drug-likeness (QED) is 0.225. The molecule has 0 aromatic heterocycles. The summed E-state index contributed by atoms with van der Waals surface area (Å²) in [4.78, 5) is 13.8. The third-order valence-corrected chi connectivity index (χ3v) is 8.12. The number of ether oxygens (including phenoxy) is 1. The topological polar surface area (TPSA) is 41.6 Å². The largest absolute Gasteiger partial charge is 0.354 e. The highest BCUT2D eigenvalue weighted by molar-refractivity contribution is 8.00. The van der Waals surface area contributed by atoms with Gasteiger partial charge >= 0.3 is 0 Å². The Morgan fingerprint density at radius 3 is 1.95 bits per heavy atom. The summed E-state index contributed by atoms with van der Waals surface area (Å²) in [6.07, 6.45) is -0.122. The van der Waals surface area contributed by atoms with Gasteiger partial charge in [-0.3, -0.25) is 4.79 Å². The van der Waals surface area contributed by atoms with Crippen molar-refractivity contribution in [3.63, 3.8) is 0 Å². The minimum atomic E-state index is -0.646. The molecule has 1 N–H and O–H groups in total. The second kappa shape index (κ2) is 11.2. The van der Waals surface area contributed by atoms with E-state index in [0.717, 1.165) is 22.4 Å². The molecule has 37 heavy (non-hydrogen) atoms. The number of nitrogens with one attached hydrogen (secondary N) is 1. The maximum absolute atomic E-state index is 15.8. The Bertz CT molecular complexity index is 1240. The lowest BCUT2D eigenvalue weighted by atomic mass is 9.84. The van der Waals surface area contributed by atoms with Crippen LogP contribution in [0.25, 0.3) is 0 Å². The van der Waals surface area contributed by atoms with Gasteiger partial charge in [-0.05, 0) is 34.9 Å². The summed E-state index contributed by atoms with van der Waals surface area (Å²) >= 11 is 1.51. The first-order chi connectivity index (χ1) is 18.1. The number of thioether (sulfide) groups is 1. The summed E-state index contributed by atoms with van der Waals surface area (Å²) in [6, 6.07) is 36.2. The van der Waals surface area contributed by atoms with Crippen LogP contribution in [0.3, 0.4) is 0 Å². The summed E-state index contributed by atoms with van der Waals surface area (Å²) in [6.45, 7) is 2.88. The molecular formula is C31H29FN2O2S. The molecule has 1 amide bonds. The predicted octanol–water partition coefficient (Wildman–Crippen LogP) is 6.21. The van der Waals surface area contributed by atoms with Gasteiger partial charge in [-0.1, -0.05) is 91.0 Å². The molecule has 0 bridgehead atoms. The van der Waals surface area contributed by atoms with Gasteiger partial charge in [0.1, 0.15) is 12.5 Å². The van der Waals surface area contributed by atoms with E-state index in [2.05, 4.69) is 41.7 Å². The number of carbonyl (C=O) groups excluding carboxylic acids is 1. The number of benzene rings is 4. The summed E-state index contributed by atoms with van der Waals surface area (Å²) in [5.41, 5.74) is 4.00. The molecule has 0 saturated carbocycles. The van der Waals surface area contributed by atoms with Crippen LogP contribution in [-0.2, 0) is 14.3 Å². The van der Waals surface area contributed by atoms with Crippen molar-refractivity contribution in [3.05, 3.63) is 132 Å². The molecule has 0 radical (unpaired) electrons. The second-order valence-electron chi connectivity index (χ2n) is 9.07. The zero-order chi connectivity index (χ0) is 25.7. The molecule has 1 aliphatic rings. The molecule has 6 heteroatoms. The lowest BCUT2D eigenvalue weighted by Gasteiger charge is -2.35. The van der Waals surface area contributed by atoms with Crippen molar-refractivity contribution < 1.29 is 13.9 Å². The highest BCUT2D eigenvalue weighted by Crippen LogP contribution is 2.52. The lowest BCUT2D eigenvalue weighted by molar-refractivity contribution is -0.119. The normalized spacial score (nSPS) is 15.5. The van der Waals surface area contributed by atoms with Crippen LogP contribution < -0.4 is 10.2 Å². The summed E-state index contributed by atoms with van der Waals surface area (Å²) in [5, 5.41) is 2.78. The van der Waals surface area contributed by atoms with Crippen LogP contribution in [0, 0.1) is 5.82 Å². The van der Waals surface area contributed by atoms with Crippen LogP contribution in [0.2, 0.25) is 0 Å². The maximum Gasteiger partial charge on any atom is 0.216 e. The fourth-order valence-electron chi connectivity index (χ4n) is 4.74. The van der Waals surface area contributed by atoms with Crippen molar-refractivity contribution in [1.29, 1.82) is 0 Å². The van der Waals surface area contributed by atoms with E-state index in [1.165, 1.54) is 18.7 Å². The molecule has 0 aliphatic carbocycles. The Balaban J connectivity index is 1.51. The zero-order valence-electron chi connectivity index (χ0n) is 20.6. The molecule has 4 aromatic rings. The van der Waals surface area contributed by atoms with E-state index in [0.29, 0.717) is 24.7 Å². The highest BCUT2D eigenvalue weighted by Gasteiger charge is 2.38. The Labute approximate surface area is 221 Å². The molecule has 5 rings (SSSR count). The van der Waals surface area contributed by atoms with Gasteiger partial charge in [-0.2, -0.15) is 0 Å². The lowest BCUT2D eigenvalue weighted by Crippen LogP contribution is -2.33. The van der Waals surface area contributed by atoms with E-state index < -0.39 is 4.75 Å². The smallest absolute Gasteiger partial charge is 0.216 e. The standard InChI is InChI=1S/C31H29FN2O2S/c1-23(35)33-20-28-21-34(22-36-28)27-17-18-30(29(32)19-27)37-31(24-11-5-2-6-12-24,25-13-7-3-8-14-25)26-15-9-4-10-16-26/h2-19,28H,20-22H2,1H3,(H,33,35)/t28-/m0/s1. The number of nitrogens with zero attached hydrogens (tertiary/aromatic N) is 1. The number of hydrogen-bond acceptors (Lipinski definition) is 4. The number of amides is 1. The highest BCUT2D eigenvalue weighted by atomic mass is 32.2. The van der Waals surface area contributed by atoms with Gasteiger partial charge in [0.25, 0.3) is 0 Å². The van der Waals surface area contributed by atoms with Crippen LogP contribution in [0.1, 0.15) is 23.6 Å². The van der Waals surface area contributed by atoms with E-state index in [-0.39, 0.29) is 17.8 Å². The molecule has 1 heterocycles. The van der Waals surface area contributed by atoms with Gasteiger partial charge in [0.15, 0.2) is 0 Å². The molecule has 188 valence electrons. The summed E-state index contributed by atoms with van der Waals surface area (Å²) < 4.78 is 20.9. The van der Waals surface area contributed by atoms with Crippen molar-refractivity contribution in [2.45, 2.75) is 22.7 Å². The van der Waals surface area contributed by atoms with Crippen LogP contribution in [0.4, 0.5) is 10.1 Å². The van der Waals surface area contributed by atoms with E-state index in [1.807, 2.05) is 71.6 Å². The predicted molar refractivity (Wildman–Crippen MR) is 147 cm³/mol. The average molecular weight is 513 g/mol. The van der Waals surface area contributed by atoms with Gasteiger partial charge in [0.05, 0.1) is 10.9 Å². The van der Waals surface area contributed by atoms with E-state index in [9.17, 15) is 4.79 Å². The van der Waals surface area contributed by atoms with Crippen molar-refractivity contribution in [2.24, 2.45) is 0 Å². The number of hydrogen-bond donors (Lipinski definition) is 1. The molecule has 1 fully saturated rings. The monoisotopic (exact) mass is 512 g/mol. The van der Waals surface area contributed by atoms with Gasteiger partial charge in [-0.15, -0.1) is 11.8 Å². The van der Waals surface area contributed by atoms with Crippen molar-refractivity contribution >= 4 is 23.4 Å². The minimum Gasteiger partial charge on any atom is -0.354 e. The van der Waals surface area contributed by atoms with Crippen molar-refractivity contribution in [2.75, 3.05) is 24.7 Å². The second-order valence-corrected chi connectivity index (χ2v) is 10.3. The number of rotatable bonds is 8. The minimum absolute atomic E-state index is 0.0896. The van der Waals surface area contributed by atoms with Crippen LogP contribution >= 0.6 is 11.8 Å². The van der Waals surface area contributed by atoms with Gasteiger partial charge in [-0.25, -0.2) is 4.39 Å². The van der Waals surface area contributed by atoms with Crippen molar-refractivity contribution in [1.82, 2.24) is 5.32 Å². The Kier molecular flexibility index (Phi) is 7.58. The number of carbonyl (C=O) groups is 1. The van der Waals surface area contributed by atoms with E-state index in [4.69, 9.17) is 4.74 Å². The summed E-state index contributed by atoms with van der Waals surface area (Å²) in [5.74, 6) is -0.367. The molecule has 0 unspecified atom stereocenters. The van der Waals surface area contributed by atoms with Crippen LogP contribution in [0.5, 0.6) is 0 Å². The Morgan fingerprint density at radius 1 is 0.919 bits per heavy atom. The Hall–Kier alpha value is -3.61. The molecule has 4 nitrogen and oxygen atoms in total. The fourth-order valence-corrected chi connectivity index (χ4v) is 6.12. The van der Waals surface area contributed by atoms with Crippen molar-refractivity contribution in [3.8, 4) is 0 Å². The van der Waals surface area contributed by atoms with E-state index in [1.54, 1.807) is 6.07 Å². The van der Waals surface area contributed by atoms with Gasteiger partial charge < -0.3 is 15.0 Å². The van der Waals surface area contributed by atoms with Gasteiger partial charge in [0.2, 0.25) is 5.91 Å². The molecule has 0 spiro atoms. The molecule has 1 atom stereocenters. The first kappa shape index (κ1) is 25.1. The third-order valence-electron chi connectivity index (χ3n) is 6.55. The molecular weight excluding hydrogens is 483 g/mol. The summed E-state index contributed by atoms with van der Waals surface area (Å²) in [7, 11) is 0. The first-order valence-electron chi connectivity index (χ1n) is 12.3. The number of anilines is 1. The van der Waals surface area contributed by atoms with Crippen LogP contribution in [-0.4, -0.2) is 31.8 Å².